The fraction of sp³-hybridized carbons (Fsp3) is 0. The molecule has 0 unspecified atom stereocenters. The molecule has 3 N–H and O–H groups in total. The number of nitrogens with one attached hydrogen (secondary N) is 1. The van der Waals surface area contributed by atoms with Gasteiger partial charge in [-0.2, -0.15) is 4.98 Å². The van der Waals surface area contributed by atoms with Crippen LogP contribution in [0, 0.1) is 0 Å². The zero-order valence-corrected chi connectivity index (χ0v) is 11.2. The van der Waals surface area contributed by atoms with Gasteiger partial charge in [0, 0.05) is 10.7 Å². The second-order valence-corrected chi connectivity index (χ2v) is 4.84. The Morgan fingerprint density at radius 3 is 2.79 bits per heavy atom. The SMILES string of the molecule is Nc1ccc2oc(Nc3cc(Cl)ccc3Cl)nc2c1. The van der Waals surface area contributed by atoms with Gasteiger partial charge in [-0.25, -0.2) is 0 Å². The third-order valence-electron chi connectivity index (χ3n) is 2.58. The Kier molecular flexibility index (Phi) is 2.97. The predicted molar refractivity (Wildman–Crippen MR) is 78.2 cm³/mol. The first kappa shape index (κ1) is 12.1. The van der Waals surface area contributed by atoms with Crippen LogP contribution in [-0.4, -0.2) is 4.98 Å². The zero-order valence-electron chi connectivity index (χ0n) is 9.65. The minimum atomic E-state index is 0.338. The van der Waals surface area contributed by atoms with Gasteiger partial charge in [-0.15, -0.1) is 0 Å². The summed E-state index contributed by atoms with van der Waals surface area (Å²) in [6, 6.07) is 10.7. The maximum Gasteiger partial charge on any atom is 0.300 e. The Hall–Kier alpha value is -1.91. The summed E-state index contributed by atoms with van der Waals surface area (Å²) in [6.07, 6.45) is 0. The predicted octanol–water partition coefficient (Wildman–Crippen LogP) is 4.46. The molecule has 19 heavy (non-hydrogen) atoms. The van der Waals surface area contributed by atoms with Gasteiger partial charge in [-0.05, 0) is 36.4 Å². The Bertz CT molecular complexity index is 755. The number of nitrogens with zero attached hydrogens (tertiary/aromatic N) is 1. The molecule has 6 heteroatoms. The number of nitrogen functional groups attached to an aromatic ring is 1. The number of hydrogen-bond acceptors (Lipinski definition) is 4. The number of oxazole rings is 1. The highest BCUT2D eigenvalue weighted by Crippen LogP contribution is 2.29. The number of anilines is 3. The van der Waals surface area contributed by atoms with Crippen LogP contribution in [0.4, 0.5) is 17.4 Å². The van der Waals surface area contributed by atoms with E-state index in [2.05, 4.69) is 10.3 Å². The highest BCUT2D eigenvalue weighted by molar-refractivity contribution is 6.35. The van der Waals surface area contributed by atoms with E-state index in [1.807, 2.05) is 0 Å². The van der Waals surface area contributed by atoms with Gasteiger partial charge in [-0.3, -0.25) is 0 Å². The highest BCUT2D eigenvalue weighted by atomic mass is 35.5. The van der Waals surface area contributed by atoms with E-state index in [9.17, 15) is 0 Å². The largest absolute Gasteiger partial charge is 0.423 e. The summed E-state index contributed by atoms with van der Waals surface area (Å²) in [7, 11) is 0. The van der Waals surface area contributed by atoms with Gasteiger partial charge < -0.3 is 15.5 Å². The van der Waals surface area contributed by atoms with Crippen molar-refractivity contribution in [1.82, 2.24) is 4.98 Å². The van der Waals surface area contributed by atoms with Crippen LogP contribution in [0.25, 0.3) is 11.1 Å². The maximum absolute atomic E-state index is 6.06. The minimum Gasteiger partial charge on any atom is -0.423 e. The van der Waals surface area contributed by atoms with E-state index >= 15 is 0 Å². The summed E-state index contributed by atoms with van der Waals surface area (Å²) in [6.45, 7) is 0. The first-order valence-electron chi connectivity index (χ1n) is 5.50. The topological polar surface area (TPSA) is 64.1 Å². The second-order valence-electron chi connectivity index (χ2n) is 4.00. The molecule has 0 radical (unpaired) electrons. The Morgan fingerprint density at radius 1 is 1.11 bits per heavy atom. The molecule has 0 spiro atoms. The van der Waals surface area contributed by atoms with Crippen LogP contribution in [0.1, 0.15) is 0 Å². The number of rotatable bonds is 2. The number of benzene rings is 2. The van der Waals surface area contributed by atoms with Crippen molar-refractivity contribution in [2.24, 2.45) is 0 Å². The summed E-state index contributed by atoms with van der Waals surface area (Å²) in [5.41, 5.74) is 8.28. The van der Waals surface area contributed by atoms with Crippen molar-refractivity contribution in [2.45, 2.75) is 0 Å². The summed E-state index contributed by atoms with van der Waals surface area (Å²) in [5.74, 6) is 0. The van der Waals surface area contributed by atoms with Crippen molar-refractivity contribution >= 4 is 51.7 Å². The lowest BCUT2D eigenvalue weighted by Crippen LogP contribution is -1.91. The molecule has 0 saturated heterocycles. The van der Waals surface area contributed by atoms with Crippen LogP contribution in [-0.2, 0) is 0 Å². The van der Waals surface area contributed by atoms with Gasteiger partial charge in [0.05, 0.1) is 10.7 Å². The first-order valence-corrected chi connectivity index (χ1v) is 6.25. The lowest BCUT2D eigenvalue weighted by Gasteiger charge is -2.04. The molecular formula is C13H9Cl2N3O. The molecule has 0 saturated carbocycles. The van der Waals surface area contributed by atoms with Crippen LogP contribution >= 0.6 is 23.2 Å². The van der Waals surface area contributed by atoms with Crippen molar-refractivity contribution < 1.29 is 4.42 Å². The van der Waals surface area contributed by atoms with Gasteiger partial charge in [-0.1, -0.05) is 23.2 Å². The number of nitrogens with two attached hydrogens (primary N) is 1. The molecule has 3 aromatic rings. The second kappa shape index (κ2) is 4.64. The van der Waals surface area contributed by atoms with E-state index < -0.39 is 0 Å². The Morgan fingerprint density at radius 2 is 1.95 bits per heavy atom. The van der Waals surface area contributed by atoms with Crippen molar-refractivity contribution in [3.63, 3.8) is 0 Å². The van der Waals surface area contributed by atoms with E-state index in [0.717, 1.165) is 0 Å². The number of halogens is 2. The summed E-state index contributed by atoms with van der Waals surface area (Å²) in [5, 5.41) is 4.10. The molecule has 0 atom stereocenters. The molecular weight excluding hydrogens is 285 g/mol. The van der Waals surface area contributed by atoms with Crippen molar-refractivity contribution in [2.75, 3.05) is 11.1 Å². The molecule has 0 bridgehead atoms. The fourth-order valence-electron chi connectivity index (χ4n) is 1.71. The minimum absolute atomic E-state index is 0.338. The molecule has 0 aliphatic carbocycles. The molecule has 1 aromatic heterocycles. The average molecular weight is 294 g/mol. The van der Waals surface area contributed by atoms with E-state index in [4.69, 9.17) is 33.4 Å². The molecule has 96 valence electrons. The number of aromatic nitrogens is 1. The van der Waals surface area contributed by atoms with Crippen molar-refractivity contribution in [3.05, 3.63) is 46.4 Å². The molecule has 0 fully saturated rings. The number of fused-ring (bicyclic) bond motifs is 1. The monoisotopic (exact) mass is 293 g/mol. The van der Waals surface area contributed by atoms with E-state index in [0.29, 0.717) is 38.5 Å². The van der Waals surface area contributed by atoms with Crippen LogP contribution in [0.2, 0.25) is 10.0 Å². The Balaban J connectivity index is 1.98. The summed E-state index contributed by atoms with van der Waals surface area (Å²) >= 11 is 12.0. The van der Waals surface area contributed by atoms with Gasteiger partial charge in [0.25, 0.3) is 6.01 Å². The van der Waals surface area contributed by atoms with Gasteiger partial charge in [0.2, 0.25) is 0 Å². The van der Waals surface area contributed by atoms with Crippen LogP contribution < -0.4 is 11.1 Å². The van der Waals surface area contributed by atoms with Crippen molar-refractivity contribution in [1.29, 1.82) is 0 Å². The molecule has 2 aromatic carbocycles. The lowest BCUT2D eigenvalue weighted by molar-refractivity contribution is 0.623. The quantitative estimate of drug-likeness (QED) is 0.685. The molecule has 3 rings (SSSR count). The molecule has 0 aliphatic heterocycles. The van der Waals surface area contributed by atoms with E-state index in [1.54, 1.807) is 36.4 Å². The number of hydrogen-bond donors (Lipinski definition) is 2. The molecule has 0 amide bonds. The zero-order chi connectivity index (χ0) is 13.4. The molecule has 0 aliphatic rings. The lowest BCUT2D eigenvalue weighted by atomic mass is 10.3. The third-order valence-corrected chi connectivity index (χ3v) is 3.15. The van der Waals surface area contributed by atoms with E-state index in [1.165, 1.54) is 0 Å². The van der Waals surface area contributed by atoms with Gasteiger partial charge in [0.15, 0.2) is 5.58 Å². The fourth-order valence-corrected chi connectivity index (χ4v) is 2.04. The van der Waals surface area contributed by atoms with Gasteiger partial charge >= 0.3 is 0 Å². The van der Waals surface area contributed by atoms with Crippen molar-refractivity contribution in [3.8, 4) is 0 Å². The van der Waals surface area contributed by atoms with Crippen LogP contribution in [0.5, 0.6) is 0 Å². The van der Waals surface area contributed by atoms with Crippen LogP contribution in [0.15, 0.2) is 40.8 Å². The smallest absolute Gasteiger partial charge is 0.300 e. The Labute approximate surface area is 119 Å². The molecule has 1 heterocycles. The average Bonchev–Trinajstić information content (AvgIpc) is 2.75. The maximum atomic E-state index is 6.06. The van der Waals surface area contributed by atoms with Crippen LogP contribution in [0.3, 0.4) is 0 Å². The highest BCUT2D eigenvalue weighted by Gasteiger charge is 2.08. The third kappa shape index (κ3) is 2.45. The molecule has 4 nitrogen and oxygen atoms in total. The normalized spacial score (nSPS) is 10.8. The summed E-state index contributed by atoms with van der Waals surface area (Å²) in [4.78, 5) is 4.28. The standard InChI is InChI=1S/C13H9Cl2N3O/c14-7-1-3-9(15)10(5-7)17-13-18-11-6-8(16)2-4-12(11)19-13/h1-6H,16H2,(H,17,18). The first-order chi connectivity index (χ1) is 9.11. The van der Waals surface area contributed by atoms with E-state index in [-0.39, 0.29) is 0 Å². The summed E-state index contributed by atoms with van der Waals surface area (Å²) < 4.78 is 5.54. The van der Waals surface area contributed by atoms with Gasteiger partial charge in [0.1, 0.15) is 5.52 Å².